The van der Waals surface area contributed by atoms with Crippen molar-refractivity contribution in [3.05, 3.63) is 17.0 Å². The van der Waals surface area contributed by atoms with Crippen LogP contribution in [0.1, 0.15) is 50.6 Å². The lowest BCUT2D eigenvalue weighted by molar-refractivity contribution is -0.132. The Morgan fingerprint density at radius 2 is 2.04 bits per heavy atom. The van der Waals surface area contributed by atoms with E-state index < -0.39 is 0 Å². The van der Waals surface area contributed by atoms with E-state index in [1.807, 2.05) is 30.8 Å². The number of aromatic nitrogens is 2. The van der Waals surface area contributed by atoms with E-state index in [1.54, 1.807) is 0 Å². The van der Waals surface area contributed by atoms with E-state index >= 15 is 0 Å². The van der Waals surface area contributed by atoms with Crippen LogP contribution in [-0.2, 0) is 21.6 Å². The van der Waals surface area contributed by atoms with Gasteiger partial charge in [-0.2, -0.15) is 0 Å². The van der Waals surface area contributed by atoms with Gasteiger partial charge in [0.25, 0.3) is 0 Å². The molecule has 1 atom stereocenters. The van der Waals surface area contributed by atoms with Crippen molar-refractivity contribution >= 4 is 11.9 Å². The molecule has 138 valence electrons. The minimum absolute atomic E-state index is 0.00462. The maximum atomic E-state index is 12.7. The minimum atomic E-state index is -0.195. The van der Waals surface area contributed by atoms with Crippen molar-refractivity contribution in [3.63, 3.8) is 0 Å². The molecule has 3 rings (SSSR count). The molecule has 1 saturated heterocycles. The van der Waals surface area contributed by atoms with Gasteiger partial charge in [0, 0.05) is 44.9 Å². The van der Waals surface area contributed by atoms with E-state index in [1.165, 1.54) is 0 Å². The van der Waals surface area contributed by atoms with Gasteiger partial charge in [0.1, 0.15) is 0 Å². The van der Waals surface area contributed by atoms with E-state index in [2.05, 4.69) is 25.8 Å². The average molecular weight is 346 g/mol. The van der Waals surface area contributed by atoms with Crippen molar-refractivity contribution in [2.45, 2.75) is 52.6 Å². The SMILES string of the molecule is Cc1nc(N(C)C)nc2c1COC[C@]21CCN(C(=O)CC(C)(C)C)C1. The van der Waals surface area contributed by atoms with Crippen molar-refractivity contribution in [1.82, 2.24) is 14.9 Å². The molecule has 0 saturated carbocycles. The number of anilines is 1. The number of carbonyl (C=O) groups excluding carboxylic acids is 1. The standard InChI is InChI=1S/C19H30N4O2/c1-13-14-10-25-12-19(16(14)21-17(20-13)22(5)6)7-8-23(11-19)15(24)9-18(2,3)4/h7-12H2,1-6H3/t19-/m1/s1. The van der Waals surface area contributed by atoms with Gasteiger partial charge in [0.05, 0.1) is 24.3 Å². The molecule has 0 N–H and O–H groups in total. The summed E-state index contributed by atoms with van der Waals surface area (Å²) >= 11 is 0. The molecular weight excluding hydrogens is 316 g/mol. The lowest BCUT2D eigenvalue weighted by Gasteiger charge is -2.35. The zero-order chi connectivity index (χ0) is 18.4. The molecule has 1 spiro atoms. The van der Waals surface area contributed by atoms with Crippen LogP contribution in [0.15, 0.2) is 0 Å². The lowest BCUT2D eigenvalue weighted by atomic mass is 9.80. The van der Waals surface area contributed by atoms with Crippen LogP contribution in [-0.4, -0.2) is 54.6 Å². The normalized spacial score (nSPS) is 23.0. The molecular formula is C19H30N4O2. The third-order valence-electron chi connectivity index (χ3n) is 5.12. The summed E-state index contributed by atoms with van der Waals surface area (Å²) in [5.41, 5.74) is 2.97. The minimum Gasteiger partial charge on any atom is -0.376 e. The number of carbonyl (C=O) groups is 1. The first-order chi connectivity index (χ1) is 11.6. The summed E-state index contributed by atoms with van der Waals surface area (Å²) < 4.78 is 5.91. The Morgan fingerprint density at radius 3 is 2.68 bits per heavy atom. The van der Waals surface area contributed by atoms with Crippen LogP contribution >= 0.6 is 0 Å². The summed E-state index contributed by atoms with van der Waals surface area (Å²) in [6.45, 7) is 11.0. The predicted octanol–water partition coefficient (Wildman–Crippen LogP) is 2.29. The number of amides is 1. The molecule has 2 aliphatic rings. The fraction of sp³-hybridized carbons (Fsp3) is 0.737. The summed E-state index contributed by atoms with van der Waals surface area (Å²) in [6.07, 6.45) is 1.47. The van der Waals surface area contributed by atoms with Crippen molar-refractivity contribution in [3.8, 4) is 0 Å². The second-order valence-corrected chi connectivity index (χ2v) is 8.91. The highest BCUT2D eigenvalue weighted by molar-refractivity contribution is 5.77. The fourth-order valence-electron chi connectivity index (χ4n) is 3.77. The first kappa shape index (κ1) is 18.1. The third kappa shape index (κ3) is 3.50. The number of hydrogen-bond donors (Lipinski definition) is 0. The average Bonchev–Trinajstić information content (AvgIpc) is 2.91. The largest absolute Gasteiger partial charge is 0.376 e. The lowest BCUT2D eigenvalue weighted by Crippen LogP contribution is -2.42. The van der Waals surface area contributed by atoms with Gasteiger partial charge in [-0.1, -0.05) is 20.8 Å². The van der Waals surface area contributed by atoms with Crippen LogP contribution in [0.3, 0.4) is 0 Å². The van der Waals surface area contributed by atoms with Crippen molar-refractivity contribution in [2.75, 3.05) is 38.7 Å². The maximum absolute atomic E-state index is 12.7. The Kier molecular flexibility index (Phi) is 4.52. The van der Waals surface area contributed by atoms with Crippen molar-refractivity contribution < 1.29 is 9.53 Å². The molecule has 0 radical (unpaired) electrons. The van der Waals surface area contributed by atoms with Gasteiger partial charge >= 0.3 is 0 Å². The number of ether oxygens (including phenoxy) is 1. The quantitative estimate of drug-likeness (QED) is 0.822. The summed E-state index contributed by atoms with van der Waals surface area (Å²) in [5, 5.41) is 0. The number of hydrogen-bond acceptors (Lipinski definition) is 5. The zero-order valence-corrected chi connectivity index (χ0v) is 16.3. The van der Waals surface area contributed by atoms with Crippen molar-refractivity contribution in [1.29, 1.82) is 0 Å². The van der Waals surface area contributed by atoms with Gasteiger partial charge in [-0.3, -0.25) is 4.79 Å². The van der Waals surface area contributed by atoms with E-state index in [0.29, 0.717) is 26.2 Å². The molecule has 0 bridgehead atoms. The van der Waals surface area contributed by atoms with Crippen molar-refractivity contribution in [2.24, 2.45) is 5.41 Å². The summed E-state index contributed by atoms with van der Waals surface area (Å²) in [4.78, 5) is 26.1. The fourth-order valence-corrected chi connectivity index (χ4v) is 3.77. The Labute approximate surface area is 150 Å². The van der Waals surface area contributed by atoms with E-state index in [-0.39, 0.29) is 16.7 Å². The maximum Gasteiger partial charge on any atom is 0.225 e. The van der Waals surface area contributed by atoms with Crippen LogP contribution < -0.4 is 4.90 Å². The Morgan fingerprint density at radius 1 is 1.32 bits per heavy atom. The van der Waals surface area contributed by atoms with Gasteiger partial charge in [-0.15, -0.1) is 0 Å². The molecule has 1 amide bonds. The van der Waals surface area contributed by atoms with Gasteiger partial charge in [0.2, 0.25) is 11.9 Å². The molecule has 6 heteroatoms. The molecule has 6 nitrogen and oxygen atoms in total. The molecule has 1 aromatic heterocycles. The topological polar surface area (TPSA) is 58.6 Å². The van der Waals surface area contributed by atoms with Gasteiger partial charge in [-0.05, 0) is 18.8 Å². The molecule has 25 heavy (non-hydrogen) atoms. The van der Waals surface area contributed by atoms with E-state index in [9.17, 15) is 4.79 Å². The Bertz CT molecular complexity index is 681. The van der Waals surface area contributed by atoms with Crippen LogP contribution in [0.4, 0.5) is 5.95 Å². The summed E-state index contributed by atoms with van der Waals surface area (Å²) in [6, 6.07) is 0. The summed E-state index contributed by atoms with van der Waals surface area (Å²) in [7, 11) is 3.92. The van der Waals surface area contributed by atoms with Crippen LogP contribution in [0.5, 0.6) is 0 Å². The van der Waals surface area contributed by atoms with Crippen LogP contribution in [0.2, 0.25) is 0 Å². The number of aryl methyl sites for hydroxylation is 1. The van der Waals surface area contributed by atoms with Gasteiger partial charge in [-0.25, -0.2) is 9.97 Å². The van der Waals surface area contributed by atoms with Gasteiger partial charge in [0.15, 0.2) is 0 Å². The van der Waals surface area contributed by atoms with Gasteiger partial charge < -0.3 is 14.5 Å². The second kappa shape index (κ2) is 6.24. The molecule has 1 fully saturated rings. The van der Waals surface area contributed by atoms with E-state index in [4.69, 9.17) is 9.72 Å². The monoisotopic (exact) mass is 346 g/mol. The molecule has 1 aromatic rings. The highest BCUT2D eigenvalue weighted by atomic mass is 16.5. The molecule has 0 unspecified atom stereocenters. The second-order valence-electron chi connectivity index (χ2n) is 8.91. The third-order valence-corrected chi connectivity index (χ3v) is 5.12. The number of fused-ring (bicyclic) bond motifs is 2. The first-order valence-electron chi connectivity index (χ1n) is 9.02. The highest BCUT2D eigenvalue weighted by Crippen LogP contribution is 2.41. The number of likely N-dealkylation sites (tertiary alicyclic amines) is 1. The summed E-state index contributed by atoms with van der Waals surface area (Å²) in [5.74, 6) is 0.965. The first-order valence-corrected chi connectivity index (χ1v) is 9.02. The van der Waals surface area contributed by atoms with E-state index in [0.717, 1.165) is 35.9 Å². The number of rotatable bonds is 2. The molecule has 2 aliphatic heterocycles. The molecule has 3 heterocycles. The predicted molar refractivity (Wildman–Crippen MR) is 97.7 cm³/mol. The van der Waals surface area contributed by atoms with Crippen LogP contribution in [0, 0.1) is 12.3 Å². The Balaban J connectivity index is 1.91. The zero-order valence-electron chi connectivity index (χ0n) is 16.3. The Hall–Kier alpha value is -1.69. The van der Waals surface area contributed by atoms with Crippen LogP contribution in [0.25, 0.3) is 0 Å². The molecule has 0 aromatic carbocycles. The molecule has 0 aliphatic carbocycles. The highest BCUT2D eigenvalue weighted by Gasteiger charge is 2.47. The number of nitrogens with zero attached hydrogens (tertiary/aromatic N) is 4. The smallest absolute Gasteiger partial charge is 0.225 e.